The van der Waals surface area contributed by atoms with Crippen molar-refractivity contribution in [2.45, 2.75) is 6.42 Å². The molecule has 0 saturated heterocycles. The Hall–Kier alpha value is -2.10. The van der Waals surface area contributed by atoms with E-state index in [1.807, 2.05) is 12.1 Å². The van der Waals surface area contributed by atoms with E-state index >= 15 is 0 Å². The smallest absolute Gasteiger partial charge is 0.257 e. The van der Waals surface area contributed by atoms with Gasteiger partial charge in [0.05, 0.1) is 0 Å². The number of halogens is 2. The molecule has 0 aliphatic heterocycles. The highest BCUT2D eigenvalue weighted by Crippen LogP contribution is 2.18. The van der Waals surface area contributed by atoms with E-state index < -0.39 is 0 Å². The molecule has 2 N–H and O–H groups in total. The summed E-state index contributed by atoms with van der Waals surface area (Å²) in [6.07, 6.45) is 0.533. The van der Waals surface area contributed by atoms with Crippen LogP contribution in [0.2, 0.25) is 0 Å². The first-order valence-electron chi connectivity index (χ1n) is 7.94. The molecule has 0 aliphatic carbocycles. The van der Waals surface area contributed by atoms with Crippen LogP contribution in [-0.4, -0.2) is 28.6 Å². The third-order valence-electron chi connectivity index (χ3n) is 3.50. The fourth-order valence-corrected chi connectivity index (χ4v) is 3.59. The average Bonchev–Trinajstić information content (AvgIpc) is 3.09. The Balaban J connectivity index is 1.50. The van der Waals surface area contributed by atoms with Gasteiger partial charge >= 0.3 is 0 Å². The van der Waals surface area contributed by atoms with Crippen LogP contribution < -0.4 is 10.6 Å². The topological polar surface area (TPSA) is 84.0 Å². The Morgan fingerprint density at radius 2 is 1.70 bits per heavy atom. The summed E-state index contributed by atoms with van der Waals surface area (Å²) in [4.78, 5) is 24.3. The minimum absolute atomic E-state index is 0.149. The summed E-state index contributed by atoms with van der Waals surface area (Å²) in [7, 11) is 0. The molecule has 27 heavy (non-hydrogen) atoms. The molecule has 0 saturated carbocycles. The van der Waals surface area contributed by atoms with Crippen molar-refractivity contribution in [3.05, 3.63) is 73.6 Å². The maximum Gasteiger partial charge on any atom is 0.257 e. The first-order valence-corrected chi connectivity index (χ1v) is 10.3. The summed E-state index contributed by atoms with van der Waals surface area (Å²) < 4.78 is 1.76. The molecule has 0 atom stereocenters. The summed E-state index contributed by atoms with van der Waals surface area (Å²) in [6.45, 7) is 0.431. The van der Waals surface area contributed by atoms with Crippen molar-refractivity contribution >= 4 is 60.1 Å². The number of hydrogen-bond donors (Lipinski definition) is 2. The normalized spacial score (nSPS) is 10.4. The Bertz CT molecular complexity index is 960. The molecule has 1 heterocycles. The van der Waals surface area contributed by atoms with E-state index in [0.717, 1.165) is 14.0 Å². The number of rotatable bonds is 6. The van der Waals surface area contributed by atoms with E-state index in [1.54, 1.807) is 36.4 Å². The maximum atomic E-state index is 12.2. The minimum atomic E-state index is -0.242. The zero-order valence-electron chi connectivity index (χ0n) is 13.9. The van der Waals surface area contributed by atoms with Gasteiger partial charge in [-0.3, -0.25) is 14.9 Å². The summed E-state index contributed by atoms with van der Waals surface area (Å²) in [5.74, 6) is -0.391. The lowest BCUT2D eigenvalue weighted by Crippen LogP contribution is -2.25. The van der Waals surface area contributed by atoms with Gasteiger partial charge in [-0.2, -0.15) is 0 Å². The monoisotopic (exact) mass is 508 g/mol. The largest absolute Gasteiger partial charge is 0.352 e. The number of nitrogens with one attached hydrogen (secondary N) is 2. The summed E-state index contributed by atoms with van der Waals surface area (Å²) in [5, 5.41) is 14.8. The van der Waals surface area contributed by atoms with E-state index in [0.29, 0.717) is 29.2 Å². The molecule has 2 amide bonds. The van der Waals surface area contributed by atoms with Crippen LogP contribution >= 0.6 is 43.2 Å². The molecule has 3 aromatic rings. The fourth-order valence-electron chi connectivity index (χ4n) is 2.19. The maximum absolute atomic E-state index is 12.2. The van der Waals surface area contributed by atoms with Crippen molar-refractivity contribution in [3.63, 3.8) is 0 Å². The number of carbonyl (C=O) groups is 2. The molecule has 0 aliphatic rings. The van der Waals surface area contributed by atoms with E-state index in [9.17, 15) is 9.59 Å². The molecule has 6 nitrogen and oxygen atoms in total. The Kier molecular flexibility index (Phi) is 6.70. The number of nitrogens with zero attached hydrogens (tertiary/aromatic N) is 2. The first-order chi connectivity index (χ1) is 13.0. The number of hydrogen-bond acceptors (Lipinski definition) is 5. The second kappa shape index (κ2) is 9.20. The molecule has 138 valence electrons. The predicted octanol–water partition coefficient (Wildman–Crippen LogP) is 4.29. The van der Waals surface area contributed by atoms with Gasteiger partial charge in [0.2, 0.25) is 5.13 Å². The van der Waals surface area contributed by atoms with Crippen molar-refractivity contribution in [3.8, 4) is 0 Å². The molecule has 1 aromatic heterocycles. The van der Waals surface area contributed by atoms with Gasteiger partial charge in [0.25, 0.3) is 11.8 Å². The van der Waals surface area contributed by atoms with Crippen LogP contribution in [-0.2, 0) is 6.42 Å². The highest BCUT2D eigenvalue weighted by Gasteiger charge is 2.11. The van der Waals surface area contributed by atoms with Crippen LogP contribution in [0.3, 0.4) is 0 Å². The van der Waals surface area contributed by atoms with Crippen molar-refractivity contribution < 1.29 is 9.59 Å². The van der Waals surface area contributed by atoms with Gasteiger partial charge < -0.3 is 5.32 Å². The molecule has 0 spiro atoms. The SMILES string of the molecule is O=C(NCCc1nnc(NC(=O)c2ccc(Br)cc2)s1)c1cccc(Br)c1. The zero-order valence-corrected chi connectivity index (χ0v) is 17.9. The Labute approximate surface area is 176 Å². The quantitative estimate of drug-likeness (QED) is 0.519. The molecule has 9 heteroatoms. The van der Waals surface area contributed by atoms with E-state index in [4.69, 9.17) is 0 Å². The van der Waals surface area contributed by atoms with Crippen LogP contribution in [0.4, 0.5) is 5.13 Å². The lowest BCUT2D eigenvalue weighted by atomic mass is 10.2. The third-order valence-corrected chi connectivity index (χ3v) is 5.43. The third kappa shape index (κ3) is 5.69. The van der Waals surface area contributed by atoms with E-state index in [2.05, 4.69) is 52.7 Å². The predicted molar refractivity (Wildman–Crippen MR) is 112 cm³/mol. The van der Waals surface area contributed by atoms with Gasteiger partial charge in [-0.15, -0.1) is 10.2 Å². The fraction of sp³-hybridized carbons (Fsp3) is 0.111. The second-order valence-corrected chi connectivity index (χ2v) is 8.37. The van der Waals surface area contributed by atoms with Crippen LogP contribution in [0.15, 0.2) is 57.5 Å². The highest BCUT2D eigenvalue weighted by molar-refractivity contribution is 9.10. The number of anilines is 1. The Morgan fingerprint density at radius 1 is 0.926 bits per heavy atom. The van der Waals surface area contributed by atoms with Crippen molar-refractivity contribution in [1.29, 1.82) is 0 Å². The first kappa shape index (κ1) is 19.7. The number of benzene rings is 2. The zero-order chi connectivity index (χ0) is 19.2. The van der Waals surface area contributed by atoms with Gasteiger partial charge in [-0.1, -0.05) is 49.3 Å². The van der Waals surface area contributed by atoms with Crippen LogP contribution in [0.5, 0.6) is 0 Å². The van der Waals surface area contributed by atoms with Gasteiger partial charge in [0, 0.05) is 33.0 Å². The van der Waals surface area contributed by atoms with Crippen molar-refractivity contribution in [2.75, 3.05) is 11.9 Å². The minimum Gasteiger partial charge on any atom is -0.352 e. The standard InChI is InChI=1S/C18H14Br2N4O2S/c19-13-6-4-11(5-7-13)17(26)22-18-24-23-15(27-18)8-9-21-16(25)12-2-1-3-14(20)10-12/h1-7,10H,8-9H2,(H,21,25)(H,22,24,26). The average molecular weight is 510 g/mol. The highest BCUT2D eigenvalue weighted by atomic mass is 79.9. The van der Waals surface area contributed by atoms with Crippen LogP contribution in [0, 0.1) is 0 Å². The molecule has 0 bridgehead atoms. The molecular formula is C18H14Br2N4O2S. The molecule has 3 rings (SSSR count). The molecular weight excluding hydrogens is 496 g/mol. The van der Waals surface area contributed by atoms with Crippen LogP contribution in [0.25, 0.3) is 0 Å². The van der Waals surface area contributed by atoms with Gasteiger partial charge in [-0.25, -0.2) is 0 Å². The second-order valence-electron chi connectivity index (χ2n) is 5.48. The van der Waals surface area contributed by atoms with Crippen LogP contribution in [0.1, 0.15) is 25.7 Å². The lowest BCUT2D eigenvalue weighted by molar-refractivity contribution is 0.0953. The van der Waals surface area contributed by atoms with Gasteiger partial charge in [0.1, 0.15) is 5.01 Å². The van der Waals surface area contributed by atoms with E-state index in [-0.39, 0.29) is 11.8 Å². The molecule has 0 radical (unpaired) electrons. The number of carbonyl (C=O) groups excluding carboxylic acids is 2. The number of amides is 2. The molecule has 0 fully saturated rings. The van der Waals surface area contributed by atoms with Gasteiger partial charge in [0.15, 0.2) is 0 Å². The van der Waals surface area contributed by atoms with E-state index in [1.165, 1.54) is 11.3 Å². The summed E-state index contributed by atoms with van der Waals surface area (Å²) in [6, 6.07) is 14.2. The van der Waals surface area contributed by atoms with Crippen molar-refractivity contribution in [1.82, 2.24) is 15.5 Å². The number of aromatic nitrogens is 2. The summed E-state index contributed by atoms with van der Waals surface area (Å²) in [5.41, 5.74) is 1.13. The molecule has 2 aromatic carbocycles. The van der Waals surface area contributed by atoms with Crippen molar-refractivity contribution in [2.24, 2.45) is 0 Å². The Morgan fingerprint density at radius 3 is 2.44 bits per heavy atom. The van der Waals surface area contributed by atoms with Gasteiger partial charge in [-0.05, 0) is 42.5 Å². The summed E-state index contributed by atoms with van der Waals surface area (Å²) >= 11 is 7.96. The molecule has 0 unspecified atom stereocenters. The lowest BCUT2D eigenvalue weighted by Gasteiger charge is -2.04.